The molecule has 23 heavy (non-hydrogen) atoms. The lowest BCUT2D eigenvalue weighted by atomic mass is 10.3. The van der Waals surface area contributed by atoms with Crippen molar-refractivity contribution in [2.24, 2.45) is 4.99 Å². The van der Waals surface area contributed by atoms with Crippen molar-refractivity contribution >= 4 is 35.8 Å². The van der Waals surface area contributed by atoms with Gasteiger partial charge < -0.3 is 24.3 Å². The summed E-state index contributed by atoms with van der Waals surface area (Å²) in [4.78, 5) is 20.7. The number of hydrogen-bond acceptors (Lipinski definition) is 4. The quantitative estimate of drug-likeness (QED) is 0.326. The predicted molar refractivity (Wildman–Crippen MR) is 99.5 cm³/mol. The van der Waals surface area contributed by atoms with Gasteiger partial charge in [0.1, 0.15) is 0 Å². The highest BCUT2D eigenvalue weighted by atomic mass is 127. The van der Waals surface area contributed by atoms with Gasteiger partial charge in [0.2, 0.25) is 0 Å². The van der Waals surface area contributed by atoms with E-state index in [0.717, 1.165) is 25.6 Å². The Balaban J connectivity index is 0.00000264. The number of piperazine rings is 1. The molecule has 0 unspecified atom stereocenters. The van der Waals surface area contributed by atoms with Crippen molar-refractivity contribution in [3.05, 3.63) is 24.2 Å². The zero-order valence-corrected chi connectivity index (χ0v) is 16.0. The molecule has 0 aromatic carbocycles. The Kier molecular flexibility index (Phi) is 9.00. The van der Waals surface area contributed by atoms with Gasteiger partial charge in [-0.2, -0.15) is 0 Å². The fraction of sp³-hybridized carbons (Fsp3) is 0.600. The van der Waals surface area contributed by atoms with E-state index >= 15 is 0 Å². The van der Waals surface area contributed by atoms with Crippen LogP contribution in [-0.4, -0.2) is 74.7 Å². The molecule has 2 rings (SSSR count). The van der Waals surface area contributed by atoms with Gasteiger partial charge in [-0.05, 0) is 19.1 Å². The summed E-state index contributed by atoms with van der Waals surface area (Å²) in [5.74, 6) is 1.23. The fourth-order valence-electron chi connectivity index (χ4n) is 2.35. The smallest absolute Gasteiger partial charge is 0.289 e. The largest absolute Gasteiger partial charge is 0.459 e. The van der Waals surface area contributed by atoms with Crippen LogP contribution >= 0.6 is 24.0 Å². The molecule has 1 amide bonds. The van der Waals surface area contributed by atoms with Crippen LogP contribution in [0.2, 0.25) is 0 Å². The molecule has 1 aliphatic rings. The van der Waals surface area contributed by atoms with E-state index in [2.05, 4.69) is 15.2 Å². The number of hydrogen-bond donors (Lipinski definition) is 1. The number of amides is 1. The summed E-state index contributed by atoms with van der Waals surface area (Å²) in [6.07, 6.45) is 1.52. The number of guanidine groups is 1. The van der Waals surface area contributed by atoms with Crippen LogP contribution in [0.3, 0.4) is 0 Å². The standard InChI is InChI=1S/C15H24N4O3.HI/c1-3-16-15(17-6-12-21-2)19-9-7-18(8-10-19)14(20)13-5-4-11-22-13;/h4-5,11H,3,6-10,12H2,1-2H3,(H,16,17);1H. The summed E-state index contributed by atoms with van der Waals surface area (Å²) < 4.78 is 10.2. The van der Waals surface area contributed by atoms with Gasteiger partial charge in [-0.15, -0.1) is 24.0 Å². The highest BCUT2D eigenvalue weighted by Gasteiger charge is 2.24. The van der Waals surface area contributed by atoms with Gasteiger partial charge >= 0.3 is 0 Å². The number of aliphatic imine (C=N–C) groups is 1. The summed E-state index contributed by atoms with van der Waals surface area (Å²) in [7, 11) is 1.67. The van der Waals surface area contributed by atoms with Gasteiger partial charge in [-0.3, -0.25) is 9.79 Å². The first-order chi connectivity index (χ1) is 10.8. The zero-order chi connectivity index (χ0) is 15.8. The first-order valence-corrected chi connectivity index (χ1v) is 7.61. The SMILES string of the molecule is CCNC(=NCCOC)N1CCN(C(=O)c2ccco2)CC1.I. The molecule has 0 atom stereocenters. The van der Waals surface area contributed by atoms with Crippen molar-refractivity contribution in [2.45, 2.75) is 6.92 Å². The molecule has 1 aromatic heterocycles. The molecule has 8 heteroatoms. The normalized spacial score (nSPS) is 15.3. The lowest BCUT2D eigenvalue weighted by Crippen LogP contribution is -2.53. The lowest BCUT2D eigenvalue weighted by molar-refractivity contribution is 0.0657. The van der Waals surface area contributed by atoms with Gasteiger partial charge in [0.25, 0.3) is 5.91 Å². The van der Waals surface area contributed by atoms with Crippen LogP contribution in [0.4, 0.5) is 0 Å². The van der Waals surface area contributed by atoms with Crippen LogP contribution < -0.4 is 5.32 Å². The zero-order valence-electron chi connectivity index (χ0n) is 13.7. The maximum atomic E-state index is 12.2. The highest BCUT2D eigenvalue weighted by molar-refractivity contribution is 14.0. The van der Waals surface area contributed by atoms with Gasteiger partial charge in [0.15, 0.2) is 11.7 Å². The van der Waals surface area contributed by atoms with Crippen molar-refractivity contribution in [2.75, 3.05) is 53.0 Å². The Morgan fingerprint density at radius 2 is 2.04 bits per heavy atom. The third-order valence-electron chi connectivity index (χ3n) is 3.49. The van der Waals surface area contributed by atoms with E-state index in [1.165, 1.54) is 6.26 Å². The molecule has 0 radical (unpaired) electrons. The number of nitrogens with one attached hydrogen (secondary N) is 1. The third kappa shape index (κ3) is 5.69. The van der Waals surface area contributed by atoms with Crippen LogP contribution in [0.15, 0.2) is 27.8 Å². The Labute approximate surface area is 154 Å². The number of carbonyl (C=O) groups is 1. The number of halogens is 1. The minimum Gasteiger partial charge on any atom is -0.459 e. The van der Waals surface area contributed by atoms with Crippen molar-refractivity contribution < 1.29 is 13.9 Å². The minimum absolute atomic E-state index is 0. The maximum Gasteiger partial charge on any atom is 0.289 e. The molecule has 2 heterocycles. The molecule has 1 aliphatic heterocycles. The molecular weight excluding hydrogens is 411 g/mol. The summed E-state index contributed by atoms with van der Waals surface area (Å²) in [5.41, 5.74) is 0. The minimum atomic E-state index is -0.0500. The number of nitrogens with zero attached hydrogens (tertiary/aromatic N) is 3. The maximum absolute atomic E-state index is 12.2. The van der Waals surface area contributed by atoms with Crippen LogP contribution in [0, 0.1) is 0 Å². The van der Waals surface area contributed by atoms with E-state index in [0.29, 0.717) is 32.0 Å². The molecule has 1 fully saturated rings. The second-order valence-electron chi connectivity index (χ2n) is 4.99. The molecular formula is C15H25IN4O3. The van der Waals surface area contributed by atoms with E-state index in [1.807, 2.05) is 11.8 Å². The summed E-state index contributed by atoms with van der Waals surface area (Å²) >= 11 is 0. The highest BCUT2D eigenvalue weighted by Crippen LogP contribution is 2.09. The third-order valence-corrected chi connectivity index (χ3v) is 3.49. The summed E-state index contributed by atoms with van der Waals surface area (Å²) in [6.45, 7) is 6.93. The molecule has 1 saturated heterocycles. The van der Waals surface area contributed by atoms with Crippen molar-refractivity contribution in [3.63, 3.8) is 0 Å². The van der Waals surface area contributed by atoms with Crippen LogP contribution in [-0.2, 0) is 4.74 Å². The van der Waals surface area contributed by atoms with Crippen molar-refractivity contribution in [3.8, 4) is 0 Å². The van der Waals surface area contributed by atoms with Gasteiger partial charge in [0.05, 0.1) is 19.4 Å². The first kappa shape index (κ1) is 19.8. The molecule has 0 saturated carbocycles. The average molecular weight is 436 g/mol. The second-order valence-corrected chi connectivity index (χ2v) is 4.99. The molecule has 0 bridgehead atoms. The Hall–Kier alpha value is -1.29. The van der Waals surface area contributed by atoms with Gasteiger partial charge in [0, 0.05) is 39.8 Å². The number of furan rings is 1. The predicted octanol–water partition coefficient (Wildman–Crippen LogP) is 1.27. The van der Waals surface area contributed by atoms with Crippen LogP contribution in [0.1, 0.15) is 17.5 Å². The van der Waals surface area contributed by atoms with Gasteiger partial charge in [-0.25, -0.2) is 0 Å². The van der Waals surface area contributed by atoms with Crippen LogP contribution in [0.5, 0.6) is 0 Å². The fourth-order valence-corrected chi connectivity index (χ4v) is 2.35. The topological polar surface area (TPSA) is 70.3 Å². The number of methoxy groups -OCH3 is 1. The molecule has 130 valence electrons. The number of carbonyl (C=O) groups excluding carboxylic acids is 1. The van der Waals surface area contributed by atoms with Crippen molar-refractivity contribution in [1.29, 1.82) is 0 Å². The summed E-state index contributed by atoms with van der Waals surface area (Å²) in [5, 5.41) is 3.28. The molecule has 1 aromatic rings. The van der Waals surface area contributed by atoms with Crippen LogP contribution in [0.25, 0.3) is 0 Å². The average Bonchev–Trinajstić information content (AvgIpc) is 3.08. The van der Waals surface area contributed by atoms with Crippen molar-refractivity contribution in [1.82, 2.24) is 15.1 Å². The molecule has 0 aliphatic carbocycles. The molecule has 0 spiro atoms. The first-order valence-electron chi connectivity index (χ1n) is 7.61. The summed E-state index contributed by atoms with van der Waals surface area (Å²) in [6, 6.07) is 3.43. The van der Waals surface area contributed by atoms with Gasteiger partial charge in [-0.1, -0.05) is 0 Å². The van der Waals surface area contributed by atoms with E-state index < -0.39 is 0 Å². The Morgan fingerprint density at radius 1 is 1.35 bits per heavy atom. The van der Waals surface area contributed by atoms with E-state index in [1.54, 1.807) is 19.2 Å². The molecule has 1 N–H and O–H groups in total. The Bertz CT molecular complexity index is 485. The van der Waals surface area contributed by atoms with E-state index in [9.17, 15) is 4.79 Å². The second kappa shape index (κ2) is 10.5. The number of ether oxygens (including phenoxy) is 1. The lowest BCUT2D eigenvalue weighted by Gasteiger charge is -2.36. The Morgan fingerprint density at radius 3 is 2.61 bits per heavy atom. The number of rotatable bonds is 5. The monoisotopic (exact) mass is 436 g/mol. The van der Waals surface area contributed by atoms with E-state index in [-0.39, 0.29) is 29.9 Å². The molecule has 7 nitrogen and oxygen atoms in total. The van der Waals surface area contributed by atoms with E-state index in [4.69, 9.17) is 9.15 Å².